The maximum absolute atomic E-state index is 5.88. The molecule has 1 aromatic carbocycles. The zero-order valence-electron chi connectivity index (χ0n) is 7.76. The average molecular weight is 196 g/mol. The fourth-order valence-corrected chi connectivity index (χ4v) is 1.46. The van der Waals surface area contributed by atoms with Crippen LogP contribution in [0.3, 0.4) is 0 Å². The summed E-state index contributed by atoms with van der Waals surface area (Å²) in [5, 5.41) is 4.07. The zero-order valence-corrected chi connectivity index (χ0v) is 8.51. The molecule has 0 aromatic heterocycles. The Kier molecular flexibility index (Phi) is 4.00. The number of rotatable bonds is 4. The van der Waals surface area contributed by atoms with Gasteiger partial charge in [0.1, 0.15) is 0 Å². The molecule has 0 heterocycles. The minimum atomic E-state index is 0.198. The lowest BCUT2D eigenvalue weighted by molar-refractivity contribution is 0.649. The van der Waals surface area contributed by atoms with Crippen molar-refractivity contribution in [2.24, 2.45) is 0 Å². The van der Waals surface area contributed by atoms with E-state index in [1.165, 1.54) is 0 Å². The first-order chi connectivity index (χ1) is 6.27. The van der Waals surface area contributed by atoms with Crippen molar-refractivity contribution in [3.8, 4) is 0 Å². The second-order valence-corrected chi connectivity index (χ2v) is 3.26. The van der Waals surface area contributed by atoms with Gasteiger partial charge in [-0.15, -0.1) is 6.58 Å². The van der Waals surface area contributed by atoms with Crippen molar-refractivity contribution in [3.63, 3.8) is 0 Å². The summed E-state index contributed by atoms with van der Waals surface area (Å²) in [6, 6.07) is 8.02. The first-order valence-electron chi connectivity index (χ1n) is 4.39. The predicted octanol–water partition coefficient (Wildman–Crippen LogP) is 3.18. The van der Waals surface area contributed by atoms with Crippen LogP contribution in [-0.2, 0) is 0 Å². The number of hydrogen-bond acceptors (Lipinski definition) is 1. The Hall–Kier alpha value is -0.790. The highest BCUT2D eigenvalue weighted by atomic mass is 35.5. The summed E-state index contributed by atoms with van der Waals surface area (Å²) in [7, 11) is 0. The fourth-order valence-electron chi connectivity index (χ4n) is 1.26. The first-order valence-corrected chi connectivity index (χ1v) is 4.77. The monoisotopic (exact) mass is 195 g/mol. The number of likely N-dealkylation sites (N-methyl/N-ethyl adjacent to an activating group) is 1. The lowest BCUT2D eigenvalue weighted by Gasteiger charge is -2.13. The third-order valence-electron chi connectivity index (χ3n) is 1.87. The van der Waals surface area contributed by atoms with Crippen LogP contribution in [-0.4, -0.2) is 6.54 Å². The lowest BCUT2D eigenvalue weighted by Crippen LogP contribution is -2.18. The molecule has 2 heteroatoms. The van der Waals surface area contributed by atoms with Crippen LogP contribution in [0.2, 0.25) is 5.02 Å². The van der Waals surface area contributed by atoms with E-state index in [1.54, 1.807) is 0 Å². The SMILES string of the molecule is C=CC(NCC)c1cccc(Cl)c1. The summed E-state index contributed by atoms with van der Waals surface area (Å²) >= 11 is 5.88. The van der Waals surface area contributed by atoms with Gasteiger partial charge < -0.3 is 5.32 Å². The van der Waals surface area contributed by atoms with Gasteiger partial charge in [-0.25, -0.2) is 0 Å². The molecule has 1 aromatic rings. The van der Waals surface area contributed by atoms with E-state index >= 15 is 0 Å². The summed E-state index contributed by atoms with van der Waals surface area (Å²) in [6.07, 6.45) is 1.88. The summed E-state index contributed by atoms with van der Waals surface area (Å²) in [5.41, 5.74) is 1.16. The Morgan fingerprint density at radius 1 is 1.62 bits per heavy atom. The van der Waals surface area contributed by atoms with Crippen molar-refractivity contribution in [3.05, 3.63) is 47.5 Å². The largest absolute Gasteiger partial charge is 0.307 e. The highest BCUT2D eigenvalue weighted by Gasteiger charge is 2.04. The van der Waals surface area contributed by atoms with Gasteiger partial charge in [0.15, 0.2) is 0 Å². The Balaban J connectivity index is 2.84. The minimum Gasteiger partial charge on any atom is -0.307 e. The van der Waals surface area contributed by atoms with Crippen molar-refractivity contribution in [1.82, 2.24) is 5.32 Å². The van der Waals surface area contributed by atoms with Gasteiger partial charge in [0.05, 0.1) is 6.04 Å². The molecule has 0 spiro atoms. The molecule has 0 fully saturated rings. The fraction of sp³-hybridized carbons (Fsp3) is 0.273. The molecule has 1 N–H and O–H groups in total. The van der Waals surface area contributed by atoms with Gasteiger partial charge in [0.2, 0.25) is 0 Å². The normalized spacial score (nSPS) is 12.5. The van der Waals surface area contributed by atoms with E-state index in [2.05, 4.69) is 18.8 Å². The van der Waals surface area contributed by atoms with Gasteiger partial charge in [0.25, 0.3) is 0 Å². The predicted molar refractivity (Wildman–Crippen MR) is 58.1 cm³/mol. The quantitative estimate of drug-likeness (QED) is 0.728. The maximum atomic E-state index is 5.88. The molecular weight excluding hydrogens is 182 g/mol. The highest BCUT2D eigenvalue weighted by molar-refractivity contribution is 6.30. The lowest BCUT2D eigenvalue weighted by atomic mass is 10.1. The van der Waals surface area contributed by atoms with E-state index in [9.17, 15) is 0 Å². The van der Waals surface area contributed by atoms with E-state index in [1.807, 2.05) is 30.3 Å². The minimum absolute atomic E-state index is 0.198. The molecule has 0 aliphatic carbocycles. The molecule has 0 radical (unpaired) electrons. The molecule has 70 valence electrons. The Labute approximate surface area is 84.4 Å². The van der Waals surface area contributed by atoms with Crippen molar-refractivity contribution >= 4 is 11.6 Å². The van der Waals surface area contributed by atoms with Crippen LogP contribution >= 0.6 is 11.6 Å². The number of halogens is 1. The van der Waals surface area contributed by atoms with E-state index in [4.69, 9.17) is 11.6 Å². The average Bonchev–Trinajstić information content (AvgIpc) is 2.14. The molecule has 1 unspecified atom stereocenters. The molecular formula is C11H14ClN. The molecule has 0 saturated heterocycles. The van der Waals surface area contributed by atoms with Crippen molar-refractivity contribution in [2.45, 2.75) is 13.0 Å². The highest BCUT2D eigenvalue weighted by Crippen LogP contribution is 2.18. The van der Waals surface area contributed by atoms with Gasteiger partial charge in [-0.2, -0.15) is 0 Å². The van der Waals surface area contributed by atoms with E-state index < -0.39 is 0 Å². The van der Waals surface area contributed by atoms with Crippen LogP contribution in [0.15, 0.2) is 36.9 Å². The van der Waals surface area contributed by atoms with Gasteiger partial charge in [0, 0.05) is 5.02 Å². The third-order valence-corrected chi connectivity index (χ3v) is 2.10. The molecule has 1 rings (SSSR count). The maximum Gasteiger partial charge on any atom is 0.0504 e. The summed E-state index contributed by atoms with van der Waals surface area (Å²) in [4.78, 5) is 0. The van der Waals surface area contributed by atoms with Crippen LogP contribution in [0.4, 0.5) is 0 Å². The van der Waals surface area contributed by atoms with Gasteiger partial charge >= 0.3 is 0 Å². The van der Waals surface area contributed by atoms with Crippen molar-refractivity contribution in [2.75, 3.05) is 6.54 Å². The van der Waals surface area contributed by atoms with Crippen LogP contribution < -0.4 is 5.32 Å². The van der Waals surface area contributed by atoms with Crippen LogP contribution in [0, 0.1) is 0 Å². The van der Waals surface area contributed by atoms with Gasteiger partial charge in [-0.1, -0.05) is 36.7 Å². The third kappa shape index (κ3) is 2.87. The molecule has 0 bridgehead atoms. The van der Waals surface area contributed by atoms with Crippen LogP contribution in [0.1, 0.15) is 18.5 Å². The summed E-state index contributed by atoms with van der Waals surface area (Å²) < 4.78 is 0. The molecule has 13 heavy (non-hydrogen) atoms. The molecule has 1 nitrogen and oxygen atoms in total. The summed E-state index contributed by atoms with van der Waals surface area (Å²) in [5.74, 6) is 0. The van der Waals surface area contributed by atoms with E-state index in [0.29, 0.717) is 0 Å². The first kappa shape index (κ1) is 10.3. The Morgan fingerprint density at radius 2 is 2.38 bits per heavy atom. The van der Waals surface area contributed by atoms with Gasteiger partial charge in [-0.05, 0) is 24.2 Å². The zero-order chi connectivity index (χ0) is 9.68. The van der Waals surface area contributed by atoms with Gasteiger partial charge in [-0.3, -0.25) is 0 Å². The topological polar surface area (TPSA) is 12.0 Å². The Bertz CT molecular complexity index is 283. The smallest absolute Gasteiger partial charge is 0.0504 e. The van der Waals surface area contributed by atoms with Crippen LogP contribution in [0.5, 0.6) is 0 Å². The second kappa shape index (κ2) is 5.05. The molecule has 0 amide bonds. The second-order valence-electron chi connectivity index (χ2n) is 2.83. The van der Waals surface area contributed by atoms with Crippen molar-refractivity contribution in [1.29, 1.82) is 0 Å². The van der Waals surface area contributed by atoms with E-state index in [-0.39, 0.29) is 6.04 Å². The number of hydrogen-bond donors (Lipinski definition) is 1. The van der Waals surface area contributed by atoms with E-state index in [0.717, 1.165) is 17.1 Å². The Morgan fingerprint density at radius 3 is 2.92 bits per heavy atom. The molecule has 0 aliphatic heterocycles. The molecule has 0 aliphatic rings. The number of nitrogens with one attached hydrogen (secondary N) is 1. The van der Waals surface area contributed by atoms with Crippen molar-refractivity contribution < 1.29 is 0 Å². The number of benzene rings is 1. The summed E-state index contributed by atoms with van der Waals surface area (Å²) in [6.45, 7) is 6.77. The molecule has 1 atom stereocenters. The van der Waals surface area contributed by atoms with Crippen LogP contribution in [0.25, 0.3) is 0 Å². The molecule has 0 saturated carbocycles. The standard InChI is InChI=1S/C11H14ClN/c1-3-11(13-4-2)9-6-5-7-10(12)8-9/h3,5-8,11,13H,1,4H2,2H3.